The van der Waals surface area contributed by atoms with E-state index in [9.17, 15) is 9.59 Å². The van der Waals surface area contributed by atoms with Gasteiger partial charge in [0.25, 0.3) is 0 Å². The van der Waals surface area contributed by atoms with Gasteiger partial charge in [-0.2, -0.15) is 0 Å². The number of carbonyl (C=O) groups excluding carboxylic acids is 2. The number of carbonyl (C=O) groups is 2. The third-order valence-electron chi connectivity index (χ3n) is 3.60. The maximum Gasteiger partial charge on any atom is 0.240 e. The van der Waals surface area contributed by atoms with E-state index in [1.54, 1.807) is 0 Å². The van der Waals surface area contributed by atoms with Crippen LogP contribution >= 0.6 is 0 Å². The Bertz CT molecular complexity index is 493. The molecule has 1 aromatic carbocycles. The van der Waals surface area contributed by atoms with E-state index in [0.29, 0.717) is 19.7 Å². The summed E-state index contributed by atoms with van der Waals surface area (Å²) in [6.07, 6.45) is 0.588. The van der Waals surface area contributed by atoms with E-state index in [-0.39, 0.29) is 24.5 Å². The van der Waals surface area contributed by atoms with Crippen LogP contribution in [0, 0.1) is 0 Å². The molecule has 1 fully saturated rings. The molecule has 0 aliphatic carbocycles. The zero-order valence-corrected chi connectivity index (χ0v) is 12.8. The second-order valence-corrected chi connectivity index (χ2v) is 5.31. The molecule has 1 aliphatic heterocycles. The fourth-order valence-electron chi connectivity index (χ4n) is 2.36. The van der Waals surface area contributed by atoms with Crippen molar-refractivity contribution in [3.8, 4) is 0 Å². The highest BCUT2D eigenvalue weighted by atomic mass is 16.5. The monoisotopic (exact) mass is 305 g/mol. The van der Waals surface area contributed by atoms with Crippen LogP contribution in [-0.2, 0) is 20.7 Å². The zero-order valence-electron chi connectivity index (χ0n) is 12.8. The van der Waals surface area contributed by atoms with Gasteiger partial charge in [0.05, 0.1) is 19.3 Å². The summed E-state index contributed by atoms with van der Waals surface area (Å²) < 4.78 is 5.41. The summed E-state index contributed by atoms with van der Waals surface area (Å²) in [5.74, 6) is -0.390. The van der Waals surface area contributed by atoms with Gasteiger partial charge in [-0.3, -0.25) is 9.59 Å². The van der Waals surface area contributed by atoms with Crippen molar-refractivity contribution in [3.05, 3.63) is 35.9 Å². The van der Waals surface area contributed by atoms with Crippen LogP contribution in [0.3, 0.4) is 0 Å². The maximum atomic E-state index is 12.0. The van der Waals surface area contributed by atoms with E-state index >= 15 is 0 Å². The third kappa shape index (κ3) is 5.13. The van der Waals surface area contributed by atoms with E-state index in [0.717, 1.165) is 6.42 Å². The molecule has 0 unspecified atom stereocenters. The number of ether oxygens (including phenoxy) is 1. The summed E-state index contributed by atoms with van der Waals surface area (Å²) in [6, 6.07) is 9.54. The first-order chi connectivity index (χ1) is 10.7. The van der Waals surface area contributed by atoms with Crippen molar-refractivity contribution in [2.45, 2.75) is 25.5 Å². The number of morpholine rings is 1. The smallest absolute Gasteiger partial charge is 0.240 e. The van der Waals surface area contributed by atoms with Crippen LogP contribution in [-0.4, -0.2) is 50.2 Å². The molecule has 0 bridgehead atoms. The summed E-state index contributed by atoms with van der Waals surface area (Å²) in [5.41, 5.74) is 1.17. The van der Waals surface area contributed by atoms with Crippen molar-refractivity contribution in [3.63, 3.8) is 0 Å². The minimum absolute atomic E-state index is 0.0154. The summed E-state index contributed by atoms with van der Waals surface area (Å²) in [4.78, 5) is 23.7. The maximum absolute atomic E-state index is 12.0. The molecule has 1 heterocycles. The molecule has 1 aromatic rings. The van der Waals surface area contributed by atoms with Gasteiger partial charge < -0.3 is 20.7 Å². The molecular weight excluding hydrogens is 282 g/mol. The Kier molecular flexibility index (Phi) is 6.36. The van der Waals surface area contributed by atoms with Crippen LogP contribution < -0.4 is 16.0 Å². The summed E-state index contributed by atoms with van der Waals surface area (Å²) in [7, 11) is 0. The van der Waals surface area contributed by atoms with Crippen LogP contribution in [0.1, 0.15) is 12.5 Å². The SMILES string of the molecule is C[C@H]1OCCN[C@@H]1C(=O)NCC(=O)NCCc1ccccc1. The Morgan fingerprint density at radius 3 is 2.77 bits per heavy atom. The van der Waals surface area contributed by atoms with Crippen molar-refractivity contribution >= 4 is 11.8 Å². The number of hydrogen-bond acceptors (Lipinski definition) is 4. The molecule has 0 aromatic heterocycles. The van der Waals surface area contributed by atoms with Crippen LogP contribution in [0.5, 0.6) is 0 Å². The topological polar surface area (TPSA) is 79.5 Å². The Labute approximate surface area is 130 Å². The standard InChI is InChI=1S/C16H23N3O3/c1-12-15(18-9-10-22-12)16(21)19-11-14(20)17-8-7-13-5-3-2-4-6-13/h2-6,12,15,18H,7-11H2,1H3,(H,17,20)(H,19,21)/t12-,15+/m1/s1. The minimum atomic E-state index is -0.397. The third-order valence-corrected chi connectivity index (χ3v) is 3.60. The van der Waals surface area contributed by atoms with Gasteiger partial charge in [-0.1, -0.05) is 30.3 Å². The van der Waals surface area contributed by atoms with Crippen molar-refractivity contribution in [2.75, 3.05) is 26.2 Å². The average Bonchev–Trinajstić information content (AvgIpc) is 2.54. The lowest BCUT2D eigenvalue weighted by molar-refractivity contribution is -0.131. The molecule has 3 N–H and O–H groups in total. The first-order valence-corrected chi connectivity index (χ1v) is 7.60. The Hall–Kier alpha value is -1.92. The van der Waals surface area contributed by atoms with E-state index in [2.05, 4.69) is 16.0 Å². The van der Waals surface area contributed by atoms with E-state index < -0.39 is 6.04 Å². The molecule has 0 saturated carbocycles. The van der Waals surface area contributed by atoms with E-state index in [1.165, 1.54) is 5.56 Å². The summed E-state index contributed by atoms with van der Waals surface area (Å²) in [5, 5.41) is 8.52. The predicted molar refractivity (Wildman–Crippen MR) is 83.4 cm³/mol. The van der Waals surface area contributed by atoms with Gasteiger partial charge in [-0.25, -0.2) is 0 Å². The number of nitrogens with one attached hydrogen (secondary N) is 3. The van der Waals surface area contributed by atoms with Gasteiger partial charge in [0.15, 0.2) is 0 Å². The first-order valence-electron chi connectivity index (χ1n) is 7.60. The van der Waals surface area contributed by atoms with Gasteiger partial charge in [0.2, 0.25) is 11.8 Å². The van der Waals surface area contributed by atoms with Gasteiger partial charge in [-0.15, -0.1) is 0 Å². The normalized spacial score (nSPS) is 21.1. The zero-order chi connectivity index (χ0) is 15.8. The van der Waals surface area contributed by atoms with Crippen LogP contribution in [0.25, 0.3) is 0 Å². The Morgan fingerprint density at radius 2 is 2.05 bits per heavy atom. The van der Waals surface area contributed by atoms with E-state index in [4.69, 9.17) is 4.74 Å². The molecule has 1 saturated heterocycles. The lowest BCUT2D eigenvalue weighted by Crippen LogP contribution is -2.56. The Balaban J connectivity index is 1.63. The minimum Gasteiger partial charge on any atom is -0.375 e. The molecule has 6 heteroatoms. The lowest BCUT2D eigenvalue weighted by Gasteiger charge is -2.29. The molecule has 2 atom stereocenters. The fourth-order valence-corrected chi connectivity index (χ4v) is 2.36. The highest BCUT2D eigenvalue weighted by Crippen LogP contribution is 2.03. The van der Waals surface area contributed by atoms with Gasteiger partial charge in [0.1, 0.15) is 6.04 Å². The highest BCUT2D eigenvalue weighted by molar-refractivity contribution is 5.87. The molecule has 6 nitrogen and oxygen atoms in total. The number of amides is 2. The molecule has 2 amide bonds. The Morgan fingerprint density at radius 1 is 1.27 bits per heavy atom. The molecule has 22 heavy (non-hydrogen) atoms. The van der Waals surface area contributed by atoms with Crippen molar-refractivity contribution in [2.24, 2.45) is 0 Å². The molecule has 120 valence electrons. The van der Waals surface area contributed by atoms with Crippen LogP contribution in [0.15, 0.2) is 30.3 Å². The van der Waals surface area contributed by atoms with Crippen LogP contribution in [0.4, 0.5) is 0 Å². The second-order valence-electron chi connectivity index (χ2n) is 5.31. The quantitative estimate of drug-likeness (QED) is 0.682. The molecule has 2 rings (SSSR count). The summed E-state index contributed by atoms with van der Waals surface area (Å²) in [6.45, 7) is 3.63. The fraction of sp³-hybridized carbons (Fsp3) is 0.500. The lowest BCUT2D eigenvalue weighted by atomic mass is 10.1. The van der Waals surface area contributed by atoms with Gasteiger partial charge in [0, 0.05) is 13.1 Å². The molecule has 1 aliphatic rings. The molecule has 0 spiro atoms. The predicted octanol–water partition coefficient (Wildman–Crippen LogP) is -0.162. The van der Waals surface area contributed by atoms with Crippen LogP contribution in [0.2, 0.25) is 0 Å². The van der Waals surface area contributed by atoms with Gasteiger partial charge in [-0.05, 0) is 18.9 Å². The van der Waals surface area contributed by atoms with Gasteiger partial charge >= 0.3 is 0 Å². The average molecular weight is 305 g/mol. The van der Waals surface area contributed by atoms with Crippen molar-refractivity contribution in [1.29, 1.82) is 0 Å². The first kappa shape index (κ1) is 16.5. The number of hydrogen-bond donors (Lipinski definition) is 3. The van der Waals surface area contributed by atoms with Crippen molar-refractivity contribution in [1.82, 2.24) is 16.0 Å². The van der Waals surface area contributed by atoms with E-state index in [1.807, 2.05) is 37.3 Å². The second kappa shape index (κ2) is 8.51. The highest BCUT2D eigenvalue weighted by Gasteiger charge is 2.28. The van der Waals surface area contributed by atoms with Crippen molar-refractivity contribution < 1.29 is 14.3 Å². The number of benzene rings is 1. The molecular formula is C16H23N3O3. The number of rotatable bonds is 6. The summed E-state index contributed by atoms with van der Waals surface area (Å²) >= 11 is 0. The largest absolute Gasteiger partial charge is 0.375 e. The molecule has 0 radical (unpaired) electrons.